The minimum atomic E-state index is 0.939. The van der Waals surface area contributed by atoms with Gasteiger partial charge in [0.05, 0.1) is 0 Å². The van der Waals surface area contributed by atoms with Crippen LogP contribution in [-0.2, 0) is 0 Å². The fourth-order valence-electron chi connectivity index (χ4n) is 0.977. The standard InChI is InChI=1S/C10H22.C2H6/c1-5-9(3)7-8-10(4)6-2;1-2/h9-10H,5-8H2,1-4H3;1-2H3. The minimum absolute atomic E-state index is 0.939. The van der Waals surface area contributed by atoms with E-state index in [0.717, 1.165) is 11.8 Å². The van der Waals surface area contributed by atoms with Gasteiger partial charge >= 0.3 is 0 Å². The zero-order valence-electron chi connectivity index (χ0n) is 9.98. The van der Waals surface area contributed by atoms with Gasteiger partial charge in [-0.3, -0.25) is 0 Å². The minimum Gasteiger partial charge on any atom is -0.0683 e. The molecule has 0 aliphatic heterocycles. The van der Waals surface area contributed by atoms with Crippen molar-refractivity contribution >= 4 is 0 Å². The summed E-state index contributed by atoms with van der Waals surface area (Å²) in [4.78, 5) is 0. The first kappa shape index (κ1) is 14.5. The summed E-state index contributed by atoms with van der Waals surface area (Å²) in [6.45, 7) is 13.3. The zero-order chi connectivity index (χ0) is 9.98. The number of rotatable bonds is 5. The van der Waals surface area contributed by atoms with Crippen LogP contribution in [0.2, 0.25) is 0 Å². The van der Waals surface area contributed by atoms with Crippen molar-refractivity contribution in [1.29, 1.82) is 0 Å². The second-order valence-corrected chi connectivity index (χ2v) is 3.60. The van der Waals surface area contributed by atoms with Gasteiger partial charge in [-0.1, -0.05) is 67.2 Å². The monoisotopic (exact) mass is 172 g/mol. The highest BCUT2D eigenvalue weighted by molar-refractivity contribution is 4.54. The third-order valence-corrected chi connectivity index (χ3v) is 2.55. The maximum atomic E-state index is 2.35. The van der Waals surface area contributed by atoms with Gasteiger partial charge in [-0.15, -0.1) is 0 Å². The third kappa shape index (κ3) is 10.0. The Morgan fingerprint density at radius 1 is 0.750 bits per heavy atom. The van der Waals surface area contributed by atoms with E-state index in [4.69, 9.17) is 0 Å². The predicted octanol–water partition coefficient (Wildman–Crippen LogP) is 4.89. The van der Waals surface area contributed by atoms with E-state index < -0.39 is 0 Å². The normalized spacial score (nSPS) is 14.5. The fraction of sp³-hybridized carbons (Fsp3) is 1.00. The van der Waals surface area contributed by atoms with Crippen LogP contribution >= 0.6 is 0 Å². The lowest BCUT2D eigenvalue weighted by Gasteiger charge is -2.11. The van der Waals surface area contributed by atoms with Crippen molar-refractivity contribution in [2.45, 2.75) is 67.2 Å². The molecule has 76 valence electrons. The highest BCUT2D eigenvalue weighted by atomic mass is 14.1. The van der Waals surface area contributed by atoms with Crippen LogP contribution in [0, 0.1) is 11.8 Å². The largest absolute Gasteiger partial charge is 0.0683 e. The summed E-state index contributed by atoms with van der Waals surface area (Å²) in [5.41, 5.74) is 0. The van der Waals surface area contributed by atoms with Gasteiger partial charge in [0.25, 0.3) is 0 Å². The van der Waals surface area contributed by atoms with Gasteiger partial charge < -0.3 is 0 Å². The summed E-state index contributed by atoms with van der Waals surface area (Å²) >= 11 is 0. The summed E-state index contributed by atoms with van der Waals surface area (Å²) < 4.78 is 0. The lowest BCUT2D eigenvalue weighted by Crippen LogP contribution is -1.97. The van der Waals surface area contributed by atoms with Crippen molar-refractivity contribution in [2.24, 2.45) is 11.8 Å². The average Bonchev–Trinajstić information content (AvgIpc) is 2.16. The first-order valence-corrected chi connectivity index (χ1v) is 5.70. The highest BCUT2D eigenvalue weighted by Crippen LogP contribution is 2.16. The molecule has 0 heteroatoms. The van der Waals surface area contributed by atoms with Gasteiger partial charge in [0.2, 0.25) is 0 Å². The molecule has 0 radical (unpaired) electrons. The van der Waals surface area contributed by atoms with E-state index in [2.05, 4.69) is 27.7 Å². The van der Waals surface area contributed by atoms with Gasteiger partial charge in [0.15, 0.2) is 0 Å². The maximum Gasteiger partial charge on any atom is -0.0445 e. The van der Waals surface area contributed by atoms with Crippen LogP contribution < -0.4 is 0 Å². The molecule has 0 aliphatic rings. The van der Waals surface area contributed by atoms with Gasteiger partial charge in [-0.2, -0.15) is 0 Å². The van der Waals surface area contributed by atoms with Crippen LogP contribution in [0.5, 0.6) is 0 Å². The third-order valence-electron chi connectivity index (χ3n) is 2.55. The Hall–Kier alpha value is 0. The molecule has 0 nitrogen and oxygen atoms in total. The van der Waals surface area contributed by atoms with Crippen molar-refractivity contribution in [3.8, 4) is 0 Å². The predicted molar refractivity (Wildman–Crippen MR) is 59.5 cm³/mol. The summed E-state index contributed by atoms with van der Waals surface area (Å²) in [5, 5.41) is 0. The molecule has 0 saturated carbocycles. The van der Waals surface area contributed by atoms with Crippen molar-refractivity contribution in [3.63, 3.8) is 0 Å². The SMILES string of the molecule is CC.CCC(C)CCC(C)CC. The quantitative estimate of drug-likeness (QED) is 0.554. The molecule has 0 bridgehead atoms. The van der Waals surface area contributed by atoms with Crippen LogP contribution in [0.25, 0.3) is 0 Å². The topological polar surface area (TPSA) is 0 Å². The molecule has 0 spiro atoms. The van der Waals surface area contributed by atoms with Crippen LogP contribution in [0.15, 0.2) is 0 Å². The second-order valence-electron chi connectivity index (χ2n) is 3.60. The van der Waals surface area contributed by atoms with Crippen LogP contribution in [0.1, 0.15) is 67.2 Å². The Bertz CT molecular complexity index is 56.4. The molecule has 0 aromatic heterocycles. The second kappa shape index (κ2) is 11.0. The van der Waals surface area contributed by atoms with E-state index in [1.165, 1.54) is 25.7 Å². The molecule has 2 unspecified atom stereocenters. The molecule has 0 fully saturated rings. The Morgan fingerprint density at radius 2 is 1.00 bits per heavy atom. The van der Waals surface area contributed by atoms with E-state index in [1.54, 1.807) is 0 Å². The molecule has 0 rings (SSSR count). The molecule has 12 heavy (non-hydrogen) atoms. The van der Waals surface area contributed by atoms with E-state index in [-0.39, 0.29) is 0 Å². The lowest BCUT2D eigenvalue weighted by molar-refractivity contribution is 0.415. The zero-order valence-corrected chi connectivity index (χ0v) is 9.98. The maximum absolute atomic E-state index is 2.35. The van der Waals surface area contributed by atoms with E-state index in [9.17, 15) is 0 Å². The van der Waals surface area contributed by atoms with Crippen molar-refractivity contribution < 1.29 is 0 Å². The van der Waals surface area contributed by atoms with Crippen molar-refractivity contribution in [1.82, 2.24) is 0 Å². The van der Waals surface area contributed by atoms with E-state index in [0.29, 0.717) is 0 Å². The smallest absolute Gasteiger partial charge is 0.0445 e. The summed E-state index contributed by atoms with van der Waals surface area (Å²) in [6.07, 6.45) is 5.53. The first-order valence-electron chi connectivity index (χ1n) is 5.70. The van der Waals surface area contributed by atoms with Crippen LogP contribution in [0.4, 0.5) is 0 Å². The van der Waals surface area contributed by atoms with Gasteiger partial charge in [-0.05, 0) is 11.8 Å². The highest BCUT2D eigenvalue weighted by Gasteiger charge is 2.02. The van der Waals surface area contributed by atoms with Crippen molar-refractivity contribution in [2.75, 3.05) is 0 Å². The van der Waals surface area contributed by atoms with Crippen LogP contribution in [0.3, 0.4) is 0 Å². The molecule has 0 amide bonds. The molecule has 0 aliphatic carbocycles. The van der Waals surface area contributed by atoms with E-state index >= 15 is 0 Å². The molecular formula is C12H28. The molecule has 2 atom stereocenters. The summed E-state index contributed by atoms with van der Waals surface area (Å²) in [5.74, 6) is 1.88. The van der Waals surface area contributed by atoms with Crippen molar-refractivity contribution in [3.05, 3.63) is 0 Å². The Kier molecular flexibility index (Phi) is 13.3. The summed E-state index contributed by atoms with van der Waals surface area (Å²) in [6, 6.07) is 0. The molecule has 0 aromatic rings. The lowest BCUT2D eigenvalue weighted by atomic mass is 9.95. The Labute approximate surface area is 79.8 Å². The molecule has 0 heterocycles. The van der Waals surface area contributed by atoms with E-state index in [1.807, 2.05) is 13.8 Å². The number of hydrogen-bond acceptors (Lipinski definition) is 0. The molecule has 0 saturated heterocycles. The first-order chi connectivity index (χ1) is 5.70. The van der Waals surface area contributed by atoms with Gasteiger partial charge in [0.1, 0.15) is 0 Å². The molecular weight excluding hydrogens is 144 g/mol. The van der Waals surface area contributed by atoms with Gasteiger partial charge in [-0.25, -0.2) is 0 Å². The Balaban J connectivity index is 0. The van der Waals surface area contributed by atoms with Crippen LogP contribution in [-0.4, -0.2) is 0 Å². The van der Waals surface area contributed by atoms with Gasteiger partial charge in [0, 0.05) is 0 Å². The molecule has 0 N–H and O–H groups in total. The summed E-state index contributed by atoms with van der Waals surface area (Å²) in [7, 11) is 0. The average molecular weight is 172 g/mol. The Morgan fingerprint density at radius 3 is 1.17 bits per heavy atom. The number of hydrogen-bond donors (Lipinski definition) is 0. The molecule has 0 aromatic carbocycles. The fourth-order valence-corrected chi connectivity index (χ4v) is 0.977.